The lowest BCUT2D eigenvalue weighted by atomic mass is 10.1. The summed E-state index contributed by atoms with van der Waals surface area (Å²) in [5.41, 5.74) is 7.85. The summed E-state index contributed by atoms with van der Waals surface area (Å²) in [5.74, 6) is -0.130. The van der Waals surface area contributed by atoms with Crippen LogP contribution in [0.3, 0.4) is 0 Å². The Morgan fingerprint density at radius 2 is 2.24 bits per heavy atom. The third-order valence-corrected chi connectivity index (χ3v) is 2.59. The first-order valence-corrected chi connectivity index (χ1v) is 5.70. The first kappa shape index (κ1) is 13.5. The van der Waals surface area contributed by atoms with Gasteiger partial charge in [-0.2, -0.15) is 0 Å². The van der Waals surface area contributed by atoms with Gasteiger partial charge in [0.25, 0.3) is 5.91 Å². The van der Waals surface area contributed by atoms with Crippen LogP contribution in [-0.2, 0) is 4.74 Å². The highest BCUT2D eigenvalue weighted by Gasteiger charge is 2.12. The minimum absolute atomic E-state index is 0.0716. The highest BCUT2D eigenvalue weighted by atomic mass is 16.5. The molecule has 17 heavy (non-hydrogen) atoms. The SMILES string of the molecule is COCCC(C)NC(=O)c1cc(C)ccc1N. The van der Waals surface area contributed by atoms with Crippen LogP contribution in [0.4, 0.5) is 5.69 Å². The lowest BCUT2D eigenvalue weighted by Crippen LogP contribution is -2.33. The van der Waals surface area contributed by atoms with Gasteiger partial charge in [0.05, 0.1) is 5.56 Å². The molecule has 1 amide bonds. The highest BCUT2D eigenvalue weighted by Crippen LogP contribution is 2.13. The molecule has 0 aliphatic carbocycles. The van der Waals surface area contributed by atoms with Gasteiger partial charge >= 0.3 is 0 Å². The van der Waals surface area contributed by atoms with E-state index in [0.717, 1.165) is 12.0 Å². The summed E-state index contributed by atoms with van der Waals surface area (Å²) in [4.78, 5) is 12.0. The molecule has 1 aromatic rings. The van der Waals surface area contributed by atoms with Gasteiger partial charge in [0.2, 0.25) is 0 Å². The monoisotopic (exact) mass is 236 g/mol. The lowest BCUT2D eigenvalue weighted by molar-refractivity contribution is 0.0930. The van der Waals surface area contributed by atoms with Crippen LogP contribution < -0.4 is 11.1 Å². The lowest BCUT2D eigenvalue weighted by Gasteiger charge is -2.14. The fourth-order valence-electron chi connectivity index (χ4n) is 1.54. The number of amides is 1. The van der Waals surface area contributed by atoms with Crippen molar-refractivity contribution in [3.05, 3.63) is 29.3 Å². The topological polar surface area (TPSA) is 64.3 Å². The number of carbonyl (C=O) groups is 1. The van der Waals surface area contributed by atoms with Crippen LogP contribution in [0.15, 0.2) is 18.2 Å². The number of benzene rings is 1. The second-order valence-corrected chi connectivity index (χ2v) is 4.25. The van der Waals surface area contributed by atoms with Gasteiger partial charge in [0, 0.05) is 25.4 Å². The van der Waals surface area contributed by atoms with E-state index in [9.17, 15) is 4.79 Å². The molecule has 0 aliphatic rings. The number of methoxy groups -OCH3 is 1. The molecular weight excluding hydrogens is 216 g/mol. The molecule has 0 heterocycles. The van der Waals surface area contributed by atoms with E-state index in [2.05, 4.69) is 5.32 Å². The normalized spacial score (nSPS) is 12.2. The van der Waals surface area contributed by atoms with Crippen LogP contribution in [0.1, 0.15) is 29.3 Å². The summed E-state index contributed by atoms with van der Waals surface area (Å²) >= 11 is 0. The van der Waals surface area contributed by atoms with Crippen LogP contribution in [-0.4, -0.2) is 25.7 Å². The quantitative estimate of drug-likeness (QED) is 0.765. The van der Waals surface area contributed by atoms with E-state index in [0.29, 0.717) is 17.9 Å². The van der Waals surface area contributed by atoms with Crippen LogP contribution >= 0.6 is 0 Å². The molecule has 0 aromatic heterocycles. The maximum atomic E-state index is 12.0. The van der Waals surface area contributed by atoms with Crippen molar-refractivity contribution in [1.82, 2.24) is 5.32 Å². The first-order valence-electron chi connectivity index (χ1n) is 5.70. The second kappa shape index (κ2) is 6.25. The molecule has 1 atom stereocenters. The van der Waals surface area contributed by atoms with Crippen molar-refractivity contribution in [2.45, 2.75) is 26.3 Å². The summed E-state index contributed by atoms with van der Waals surface area (Å²) in [6.07, 6.45) is 0.786. The zero-order valence-electron chi connectivity index (χ0n) is 10.6. The molecule has 0 bridgehead atoms. The molecule has 1 rings (SSSR count). The van der Waals surface area contributed by atoms with Crippen molar-refractivity contribution in [2.75, 3.05) is 19.5 Å². The molecule has 0 aliphatic heterocycles. The molecule has 0 radical (unpaired) electrons. The Labute approximate surface area is 102 Å². The summed E-state index contributed by atoms with van der Waals surface area (Å²) in [6, 6.07) is 5.51. The van der Waals surface area contributed by atoms with Crippen molar-refractivity contribution < 1.29 is 9.53 Å². The summed E-state index contributed by atoms with van der Waals surface area (Å²) in [7, 11) is 1.65. The van der Waals surface area contributed by atoms with Crippen molar-refractivity contribution in [3.63, 3.8) is 0 Å². The Morgan fingerprint density at radius 1 is 1.53 bits per heavy atom. The molecule has 0 fully saturated rings. The maximum Gasteiger partial charge on any atom is 0.253 e. The Bertz CT molecular complexity index is 391. The van der Waals surface area contributed by atoms with Crippen molar-refractivity contribution >= 4 is 11.6 Å². The van der Waals surface area contributed by atoms with Crippen LogP contribution in [0.5, 0.6) is 0 Å². The molecule has 3 N–H and O–H groups in total. The van der Waals surface area contributed by atoms with Gasteiger partial charge in [0.15, 0.2) is 0 Å². The smallest absolute Gasteiger partial charge is 0.253 e. The molecule has 4 nitrogen and oxygen atoms in total. The highest BCUT2D eigenvalue weighted by molar-refractivity contribution is 5.99. The van der Waals surface area contributed by atoms with E-state index >= 15 is 0 Å². The number of nitrogens with two attached hydrogens (primary N) is 1. The number of carbonyl (C=O) groups excluding carboxylic acids is 1. The first-order chi connectivity index (χ1) is 8.04. The molecular formula is C13H20N2O2. The standard InChI is InChI=1S/C13H20N2O2/c1-9-4-5-12(14)11(8-9)13(16)15-10(2)6-7-17-3/h4-5,8,10H,6-7,14H2,1-3H3,(H,15,16). The molecule has 0 saturated heterocycles. The number of nitrogens with one attached hydrogen (secondary N) is 1. The van der Waals surface area contributed by atoms with Gasteiger partial charge in [0.1, 0.15) is 0 Å². The number of ether oxygens (including phenoxy) is 1. The Morgan fingerprint density at radius 3 is 2.88 bits per heavy atom. The summed E-state index contributed by atoms with van der Waals surface area (Å²) in [6.45, 7) is 4.51. The largest absolute Gasteiger partial charge is 0.398 e. The average molecular weight is 236 g/mol. The molecule has 0 saturated carbocycles. The Kier molecular flexibility index (Phi) is 4.97. The number of rotatable bonds is 5. The Balaban J connectivity index is 2.66. The molecule has 1 aromatic carbocycles. The van der Waals surface area contributed by atoms with Gasteiger partial charge in [-0.15, -0.1) is 0 Å². The zero-order valence-corrected chi connectivity index (χ0v) is 10.6. The van der Waals surface area contributed by atoms with Gasteiger partial charge in [-0.1, -0.05) is 11.6 Å². The Hall–Kier alpha value is -1.55. The third kappa shape index (κ3) is 4.07. The van der Waals surface area contributed by atoms with Crippen molar-refractivity contribution in [3.8, 4) is 0 Å². The number of anilines is 1. The fraction of sp³-hybridized carbons (Fsp3) is 0.462. The van der Waals surface area contributed by atoms with E-state index in [1.807, 2.05) is 19.9 Å². The van der Waals surface area contributed by atoms with Crippen LogP contribution in [0, 0.1) is 6.92 Å². The van der Waals surface area contributed by atoms with Crippen LogP contribution in [0.2, 0.25) is 0 Å². The van der Waals surface area contributed by atoms with E-state index in [1.165, 1.54) is 0 Å². The number of hydrogen-bond acceptors (Lipinski definition) is 3. The maximum absolute atomic E-state index is 12.0. The number of aryl methyl sites for hydroxylation is 1. The molecule has 4 heteroatoms. The fourth-order valence-corrected chi connectivity index (χ4v) is 1.54. The van der Waals surface area contributed by atoms with Gasteiger partial charge in [-0.3, -0.25) is 4.79 Å². The van der Waals surface area contributed by atoms with E-state index in [4.69, 9.17) is 10.5 Å². The van der Waals surface area contributed by atoms with Gasteiger partial charge in [-0.05, 0) is 32.4 Å². The second-order valence-electron chi connectivity index (χ2n) is 4.25. The van der Waals surface area contributed by atoms with Gasteiger partial charge in [-0.25, -0.2) is 0 Å². The van der Waals surface area contributed by atoms with Crippen molar-refractivity contribution in [1.29, 1.82) is 0 Å². The van der Waals surface area contributed by atoms with Gasteiger partial charge < -0.3 is 15.8 Å². The molecule has 94 valence electrons. The van der Waals surface area contributed by atoms with E-state index < -0.39 is 0 Å². The third-order valence-electron chi connectivity index (χ3n) is 2.59. The molecule has 0 spiro atoms. The minimum atomic E-state index is -0.130. The zero-order chi connectivity index (χ0) is 12.8. The van der Waals surface area contributed by atoms with E-state index in [1.54, 1.807) is 19.2 Å². The number of nitrogen functional groups attached to an aromatic ring is 1. The predicted octanol–water partition coefficient (Wildman–Crippen LogP) is 1.73. The number of hydrogen-bond donors (Lipinski definition) is 2. The van der Waals surface area contributed by atoms with Crippen molar-refractivity contribution in [2.24, 2.45) is 0 Å². The van der Waals surface area contributed by atoms with E-state index in [-0.39, 0.29) is 11.9 Å². The minimum Gasteiger partial charge on any atom is -0.398 e. The summed E-state index contributed by atoms with van der Waals surface area (Å²) in [5, 5.41) is 2.90. The van der Waals surface area contributed by atoms with Crippen LogP contribution in [0.25, 0.3) is 0 Å². The average Bonchev–Trinajstić information content (AvgIpc) is 2.29. The molecule has 1 unspecified atom stereocenters. The summed E-state index contributed by atoms with van der Waals surface area (Å²) < 4.78 is 4.97. The predicted molar refractivity (Wildman–Crippen MR) is 69.0 cm³/mol.